The van der Waals surface area contributed by atoms with Gasteiger partial charge in [-0.25, -0.2) is 17.9 Å². The maximum absolute atomic E-state index is 12.1. The Morgan fingerprint density at radius 1 is 1.19 bits per heavy atom. The van der Waals surface area contributed by atoms with Crippen LogP contribution in [0.15, 0.2) is 29.2 Å². The van der Waals surface area contributed by atoms with Gasteiger partial charge in [-0.3, -0.25) is 10.1 Å². The zero-order valence-corrected chi connectivity index (χ0v) is 16.0. The van der Waals surface area contributed by atoms with Crippen molar-refractivity contribution in [3.63, 3.8) is 0 Å². The van der Waals surface area contributed by atoms with Crippen LogP contribution in [0.4, 0.5) is 10.5 Å². The van der Waals surface area contributed by atoms with Crippen LogP contribution in [0.5, 0.6) is 0 Å². The minimum Gasteiger partial charge on any atom is -0.444 e. The van der Waals surface area contributed by atoms with E-state index in [0.29, 0.717) is 25.8 Å². The van der Waals surface area contributed by atoms with Crippen LogP contribution in [-0.2, 0) is 14.8 Å². The van der Waals surface area contributed by atoms with Gasteiger partial charge in [0.2, 0.25) is 10.0 Å². The largest absolute Gasteiger partial charge is 0.444 e. The third-order valence-electron chi connectivity index (χ3n) is 3.15. The van der Waals surface area contributed by atoms with Crippen molar-refractivity contribution in [2.75, 3.05) is 13.1 Å². The summed E-state index contributed by atoms with van der Waals surface area (Å²) in [5, 5.41) is 13.3. The second kappa shape index (κ2) is 9.48. The van der Waals surface area contributed by atoms with E-state index in [4.69, 9.17) is 4.74 Å². The van der Waals surface area contributed by atoms with Gasteiger partial charge in [0.05, 0.1) is 9.82 Å². The molecule has 0 aliphatic rings. The van der Waals surface area contributed by atoms with Crippen LogP contribution in [-0.4, -0.2) is 38.1 Å². The molecule has 0 atom stereocenters. The fourth-order valence-corrected chi connectivity index (χ4v) is 3.10. The van der Waals surface area contributed by atoms with E-state index in [1.165, 1.54) is 18.2 Å². The summed E-state index contributed by atoms with van der Waals surface area (Å²) in [5.41, 5.74) is -0.824. The second-order valence-electron chi connectivity index (χ2n) is 6.64. The molecule has 0 heterocycles. The molecule has 1 amide bonds. The molecule has 0 fully saturated rings. The zero-order valence-electron chi connectivity index (χ0n) is 15.1. The van der Waals surface area contributed by atoms with Crippen molar-refractivity contribution in [1.82, 2.24) is 10.0 Å². The lowest BCUT2D eigenvalue weighted by Gasteiger charge is -2.19. The van der Waals surface area contributed by atoms with Crippen molar-refractivity contribution >= 4 is 21.8 Å². The zero-order chi connectivity index (χ0) is 19.8. The van der Waals surface area contributed by atoms with E-state index in [-0.39, 0.29) is 17.1 Å². The lowest BCUT2D eigenvalue weighted by Crippen LogP contribution is -2.33. The number of ether oxygens (including phenoxy) is 1. The molecule has 0 spiro atoms. The molecule has 9 nitrogen and oxygen atoms in total. The number of non-ortho nitro benzene ring substituents is 1. The summed E-state index contributed by atoms with van der Waals surface area (Å²) in [4.78, 5) is 21.4. The van der Waals surface area contributed by atoms with Crippen molar-refractivity contribution < 1.29 is 22.9 Å². The summed E-state index contributed by atoms with van der Waals surface area (Å²) in [6, 6.07) is 4.89. The molecular weight excluding hydrogens is 362 g/mol. The number of sulfonamides is 1. The number of hydrogen-bond donors (Lipinski definition) is 2. The molecule has 1 aromatic carbocycles. The standard InChI is InChI=1S/C16H25N3O6S/c1-16(2,3)25-15(20)17-10-5-4-6-11-18-26(23,24)14-9-7-8-13(12-14)19(21)22/h7-9,12,18H,4-6,10-11H2,1-3H3,(H,17,20). The number of amides is 1. The van der Waals surface area contributed by atoms with E-state index in [1.54, 1.807) is 20.8 Å². The lowest BCUT2D eigenvalue weighted by molar-refractivity contribution is -0.385. The molecule has 0 saturated carbocycles. The third kappa shape index (κ3) is 8.26. The van der Waals surface area contributed by atoms with Crippen LogP contribution < -0.4 is 10.0 Å². The van der Waals surface area contributed by atoms with Gasteiger partial charge < -0.3 is 10.1 Å². The highest BCUT2D eigenvalue weighted by molar-refractivity contribution is 7.89. The Morgan fingerprint density at radius 2 is 1.85 bits per heavy atom. The maximum Gasteiger partial charge on any atom is 0.407 e. The molecular formula is C16H25N3O6S. The topological polar surface area (TPSA) is 128 Å². The first kappa shape index (κ1) is 21.8. The highest BCUT2D eigenvalue weighted by atomic mass is 32.2. The molecule has 146 valence electrons. The van der Waals surface area contributed by atoms with Crippen molar-refractivity contribution in [3.8, 4) is 0 Å². The Kier molecular flexibility index (Phi) is 7.97. The van der Waals surface area contributed by atoms with Crippen LogP contribution in [0.25, 0.3) is 0 Å². The number of nitrogens with one attached hydrogen (secondary N) is 2. The molecule has 0 aliphatic heterocycles. The van der Waals surface area contributed by atoms with Gasteiger partial charge in [0.15, 0.2) is 0 Å². The SMILES string of the molecule is CC(C)(C)OC(=O)NCCCCCNS(=O)(=O)c1cccc([N+](=O)[O-])c1. The third-order valence-corrected chi connectivity index (χ3v) is 4.61. The fourth-order valence-electron chi connectivity index (χ4n) is 1.99. The van der Waals surface area contributed by atoms with Crippen LogP contribution in [0.1, 0.15) is 40.0 Å². The minimum absolute atomic E-state index is 0.140. The Bertz CT molecular complexity index is 728. The molecule has 0 unspecified atom stereocenters. The van der Waals surface area contributed by atoms with Gasteiger partial charge in [-0.1, -0.05) is 12.5 Å². The summed E-state index contributed by atoms with van der Waals surface area (Å²) in [5.74, 6) is 0. The van der Waals surface area contributed by atoms with Crippen molar-refractivity contribution in [1.29, 1.82) is 0 Å². The smallest absolute Gasteiger partial charge is 0.407 e. The normalized spacial score (nSPS) is 11.8. The van der Waals surface area contributed by atoms with Gasteiger partial charge in [0.1, 0.15) is 5.60 Å². The van der Waals surface area contributed by atoms with E-state index >= 15 is 0 Å². The molecule has 1 rings (SSSR count). The monoisotopic (exact) mass is 387 g/mol. The van der Waals surface area contributed by atoms with Gasteiger partial charge in [-0.2, -0.15) is 0 Å². The lowest BCUT2D eigenvalue weighted by atomic mass is 10.2. The molecule has 10 heteroatoms. The molecule has 0 bridgehead atoms. The van der Waals surface area contributed by atoms with E-state index in [9.17, 15) is 23.3 Å². The summed E-state index contributed by atoms with van der Waals surface area (Å²) < 4.78 is 31.7. The summed E-state index contributed by atoms with van der Waals surface area (Å²) in [7, 11) is -3.79. The van der Waals surface area contributed by atoms with E-state index in [1.807, 2.05) is 0 Å². The number of hydrogen-bond acceptors (Lipinski definition) is 6. The average Bonchev–Trinajstić information content (AvgIpc) is 2.52. The van der Waals surface area contributed by atoms with E-state index in [2.05, 4.69) is 10.0 Å². The minimum atomic E-state index is -3.79. The second-order valence-corrected chi connectivity index (χ2v) is 8.41. The Morgan fingerprint density at radius 3 is 2.46 bits per heavy atom. The first-order valence-corrected chi connectivity index (χ1v) is 9.70. The van der Waals surface area contributed by atoms with E-state index in [0.717, 1.165) is 6.07 Å². The molecule has 1 aromatic rings. The molecule has 0 aromatic heterocycles. The van der Waals surface area contributed by atoms with Crippen molar-refractivity contribution in [2.45, 2.75) is 50.5 Å². The van der Waals surface area contributed by atoms with Gasteiger partial charge in [0, 0.05) is 25.2 Å². The Labute approximate surface area is 153 Å². The van der Waals surface area contributed by atoms with Crippen LogP contribution in [0.3, 0.4) is 0 Å². The first-order valence-electron chi connectivity index (χ1n) is 8.22. The molecule has 0 radical (unpaired) electrons. The predicted octanol–water partition coefficient (Wildman–Crippen LogP) is 2.57. The highest BCUT2D eigenvalue weighted by Gasteiger charge is 2.17. The number of nitro benzene ring substituents is 1. The Hall–Kier alpha value is -2.20. The molecule has 26 heavy (non-hydrogen) atoms. The van der Waals surface area contributed by atoms with E-state index < -0.39 is 26.6 Å². The first-order chi connectivity index (χ1) is 12.0. The number of rotatable bonds is 9. The molecule has 2 N–H and O–H groups in total. The van der Waals surface area contributed by atoms with Gasteiger partial charge >= 0.3 is 6.09 Å². The van der Waals surface area contributed by atoms with Crippen LogP contribution >= 0.6 is 0 Å². The molecule has 0 saturated heterocycles. The van der Waals surface area contributed by atoms with Gasteiger partial charge in [0.25, 0.3) is 5.69 Å². The number of carbonyl (C=O) groups excluding carboxylic acids is 1. The predicted molar refractivity (Wildman–Crippen MR) is 96.4 cm³/mol. The van der Waals surface area contributed by atoms with Crippen LogP contribution in [0, 0.1) is 10.1 Å². The number of carbonyl (C=O) groups is 1. The number of unbranched alkanes of at least 4 members (excludes halogenated alkanes) is 2. The highest BCUT2D eigenvalue weighted by Crippen LogP contribution is 2.17. The quantitative estimate of drug-likeness (QED) is 0.381. The van der Waals surface area contributed by atoms with Gasteiger partial charge in [-0.15, -0.1) is 0 Å². The number of alkyl carbamates (subject to hydrolysis) is 1. The summed E-state index contributed by atoms with van der Waals surface area (Å²) in [6.07, 6.45) is 1.47. The number of nitro groups is 1. The number of nitrogens with zero attached hydrogens (tertiary/aromatic N) is 1. The summed E-state index contributed by atoms with van der Waals surface area (Å²) >= 11 is 0. The van der Waals surface area contributed by atoms with Gasteiger partial charge in [-0.05, 0) is 39.7 Å². The molecule has 0 aliphatic carbocycles. The van der Waals surface area contributed by atoms with Crippen LogP contribution in [0.2, 0.25) is 0 Å². The van der Waals surface area contributed by atoms with Crippen molar-refractivity contribution in [2.24, 2.45) is 0 Å². The maximum atomic E-state index is 12.1. The number of benzene rings is 1. The fraction of sp³-hybridized carbons (Fsp3) is 0.562. The summed E-state index contributed by atoms with van der Waals surface area (Å²) in [6.45, 7) is 5.98. The Balaban J connectivity index is 2.30. The van der Waals surface area contributed by atoms with Crippen molar-refractivity contribution in [3.05, 3.63) is 34.4 Å². The average molecular weight is 387 g/mol.